The van der Waals surface area contributed by atoms with Gasteiger partial charge in [-0.15, -0.1) is 0 Å². The highest BCUT2D eigenvalue weighted by atomic mass is 16.5. The Morgan fingerprint density at radius 1 is 1.07 bits per heavy atom. The summed E-state index contributed by atoms with van der Waals surface area (Å²) < 4.78 is 5.99. The maximum absolute atomic E-state index is 11.8. The number of rotatable bonds is 9. The topological polar surface area (TPSA) is 62.7 Å². The quantitative estimate of drug-likeness (QED) is 0.583. The zero-order valence-electron chi connectivity index (χ0n) is 17.9. The molecule has 1 amide bonds. The van der Waals surface area contributed by atoms with Crippen molar-refractivity contribution in [2.24, 2.45) is 0 Å². The van der Waals surface area contributed by atoms with Crippen LogP contribution in [-0.2, 0) is 17.6 Å². The van der Waals surface area contributed by atoms with Gasteiger partial charge in [-0.1, -0.05) is 30.3 Å². The third-order valence-corrected chi connectivity index (χ3v) is 5.32. The van der Waals surface area contributed by atoms with Crippen LogP contribution in [0.1, 0.15) is 30.9 Å². The van der Waals surface area contributed by atoms with Crippen LogP contribution in [0.15, 0.2) is 60.9 Å². The number of carbonyl (C=O) groups excluding carboxylic acids is 1. The van der Waals surface area contributed by atoms with Gasteiger partial charge in [0.15, 0.2) is 0 Å². The number of aliphatic hydroxyl groups is 1. The zero-order valence-corrected chi connectivity index (χ0v) is 17.9. The molecule has 2 aromatic carbocycles. The van der Waals surface area contributed by atoms with E-state index in [4.69, 9.17) is 4.74 Å². The fourth-order valence-electron chi connectivity index (χ4n) is 3.37. The summed E-state index contributed by atoms with van der Waals surface area (Å²) in [5, 5.41) is 12.6. The Balaban J connectivity index is 1.58. The molecule has 3 aromatic rings. The molecule has 30 heavy (non-hydrogen) atoms. The van der Waals surface area contributed by atoms with E-state index in [-0.39, 0.29) is 12.0 Å². The van der Waals surface area contributed by atoms with E-state index in [0.717, 1.165) is 40.5 Å². The minimum Gasteiger partial charge on any atom is -0.488 e. The van der Waals surface area contributed by atoms with E-state index >= 15 is 0 Å². The summed E-state index contributed by atoms with van der Waals surface area (Å²) in [6.07, 6.45) is 5.33. The summed E-state index contributed by atoms with van der Waals surface area (Å²) in [6, 6.07) is 16.1. The van der Waals surface area contributed by atoms with Crippen molar-refractivity contribution in [1.82, 2.24) is 9.88 Å². The van der Waals surface area contributed by atoms with Gasteiger partial charge in [-0.05, 0) is 66.3 Å². The van der Waals surface area contributed by atoms with Crippen molar-refractivity contribution >= 4 is 16.7 Å². The number of aliphatic hydroxyl groups excluding tert-OH is 1. The van der Waals surface area contributed by atoms with Gasteiger partial charge in [0, 0.05) is 32.9 Å². The molecular formula is C25H30N2O3. The summed E-state index contributed by atoms with van der Waals surface area (Å²) in [5.74, 6) is 0.876. The molecule has 0 spiro atoms. The molecule has 1 aromatic heterocycles. The summed E-state index contributed by atoms with van der Waals surface area (Å²) in [5.41, 5.74) is 2.25. The van der Waals surface area contributed by atoms with E-state index in [1.54, 1.807) is 25.2 Å². The van der Waals surface area contributed by atoms with Crippen LogP contribution in [0.4, 0.5) is 0 Å². The minimum absolute atomic E-state index is 0.134. The molecule has 0 aliphatic carbocycles. The van der Waals surface area contributed by atoms with Crippen molar-refractivity contribution in [3.63, 3.8) is 0 Å². The van der Waals surface area contributed by atoms with Crippen LogP contribution in [0.2, 0.25) is 0 Å². The van der Waals surface area contributed by atoms with Gasteiger partial charge in [-0.25, -0.2) is 0 Å². The molecule has 3 rings (SSSR count). The number of hydrogen-bond donors (Lipinski definition) is 1. The number of benzene rings is 2. The van der Waals surface area contributed by atoms with Gasteiger partial charge in [0.25, 0.3) is 0 Å². The Labute approximate surface area is 178 Å². The van der Waals surface area contributed by atoms with Gasteiger partial charge in [0.05, 0.1) is 6.10 Å². The summed E-state index contributed by atoms with van der Waals surface area (Å²) in [7, 11) is 3.56. The van der Waals surface area contributed by atoms with E-state index in [0.29, 0.717) is 12.8 Å². The fourth-order valence-corrected chi connectivity index (χ4v) is 3.37. The molecule has 0 fully saturated rings. The van der Waals surface area contributed by atoms with Gasteiger partial charge in [0.2, 0.25) is 5.91 Å². The molecule has 2 atom stereocenters. The standard InChI is InChI=1S/C25H30N2O3/c1-18(24(28)12-7-20-5-4-14-26-17-20)30-23-11-10-21-15-19(6-9-22(21)16-23)8-13-25(29)27(2)3/h4-6,9-11,14-18,24,28H,7-8,12-13H2,1-3H3/t18-,24+/m0/s1. The highest BCUT2D eigenvalue weighted by Crippen LogP contribution is 2.24. The number of fused-ring (bicyclic) bond motifs is 1. The van der Waals surface area contributed by atoms with Crippen molar-refractivity contribution < 1.29 is 14.6 Å². The minimum atomic E-state index is -0.558. The normalized spacial score (nSPS) is 13.1. The Morgan fingerprint density at radius 2 is 1.83 bits per heavy atom. The lowest BCUT2D eigenvalue weighted by molar-refractivity contribution is -0.128. The predicted octanol–water partition coefficient (Wildman–Crippen LogP) is 4.02. The Morgan fingerprint density at radius 3 is 2.57 bits per heavy atom. The predicted molar refractivity (Wildman–Crippen MR) is 120 cm³/mol. The number of ether oxygens (including phenoxy) is 1. The number of carbonyl (C=O) groups is 1. The molecule has 0 saturated carbocycles. The van der Waals surface area contributed by atoms with Gasteiger partial charge in [-0.2, -0.15) is 0 Å². The van der Waals surface area contributed by atoms with Crippen molar-refractivity contribution in [1.29, 1.82) is 0 Å². The summed E-state index contributed by atoms with van der Waals surface area (Å²) in [4.78, 5) is 17.5. The van der Waals surface area contributed by atoms with Crippen LogP contribution in [0.5, 0.6) is 5.75 Å². The smallest absolute Gasteiger partial charge is 0.222 e. The second-order valence-corrected chi connectivity index (χ2v) is 7.92. The molecule has 1 heterocycles. The van der Waals surface area contributed by atoms with Crippen LogP contribution < -0.4 is 4.74 Å². The van der Waals surface area contributed by atoms with Gasteiger partial charge >= 0.3 is 0 Å². The SMILES string of the molecule is C[C@H](Oc1ccc2cc(CCC(=O)N(C)C)ccc2c1)[C@H](O)CCc1cccnc1. The number of hydrogen-bond acceptors (Lipinski definition) is 4. The number of aryl methyl sites for hydroxylation is 2. The largest absolute Gasteiger partial charge is 0.488 e. The molecule has 5 nitrogen and oxygen atoms in total. The molecule has 0 aliphatic rings. The van der Waals surface area contributed by atoms with Crippen LogP contribution in [0.3, 0.4) is 0 Å². The van der Waals surface area contributed by atoms with Crippen LogP contribution in [0, 0.1) is 0 Å². The summed E-state index contributed by atoms with van der Waals surface area (Å²) in [6.45, 7) is 1.89. The first-order chi connectivity index (χ1) is 14.4. The van der Waals surface area contributed by atoms with E-state index in [1.165, 1.54) is 0 Å². The van der Waals surface area contributed by atoms with Crippen LogP contribution in [-0.4, -0.2) is 47.2 Å². The molecule has 1 N–H and O–H groups in total. The molecule has 0 saturated heterocycles. The van der Waals surface area contributed by atoms with Crippen molar-refractivity contribution in [2.75, 3.05) is 14.1 Å². The van der Waals surface area contributed by atoms with Gasteiger partial charge in [0.1, 0.15) is 11.9 Å². The second kappa shape index (κ2) is 10.2. The average Bonchev–Trinajstić information content (AvgIpc) is 2.76. The van der Waals surface area contributed by atoms with Gasteiger partial charge < -0.3 is 14.7 Å². The monoisotopic (exact) mass is 406 g/mol. The lowest BCUT2D eigenvalue weighted by Gasteiger charge is -2.21. The van der Waals surface area contributed by atoms with Crippen LogP contribution in [0.25, 0.3) is 10.8 Å². The van der Waals surface area contributed by atoms with E-state index < -0.39 is 6.10 Å². The Hall–Kier alpha value is -2.92. The molecule has 5 heteroatoms. The molecule has 0 radical (unpaired) electrons. The molecule has 0 bridgehead atoms. The highest BCUT2D eigenvalue weighted by Gasteiger charge is 2.16. The van der Waals surface area contributed by atoms with E-state index in [2.05, 4.69) is 23.2 Å². The average molecular weight is 407 g/mol. The van der Waals surface area contributed by atoms with Crippen molar-refractivity contribution in [3.05, 3.63) is 72.1 Å². The first kappa shape index (κ1) is 21.8. The van der Waals surface area contributed by atoms with Crippen molar-refractivity contribution in [2.45, 2.75) is 44.8 Å². The second-order valence-electron chi connectivity index (χ2n) is 7.92. The third kappa shape index (κ3) is 6.04. The molecular weight excluding hydrogens is 376 g/mol. The lowest BCUT2D eigenvalue weighted by Crippen LogP contribution is -2.29. The lowest BCUT2D eigenvalue weighted by atomic mass is 10.0. The summed E-state index contributed by atoms with van der Waals surface area (Å²) >= 11 is 0. The first-order valence-corrected chi connectivity index (χ1v) is 10.4. The number of nitrogens with zero attached hydrogens (tertiary/aromatic N) is 2. The van der Waals surface area contributed by atoms with Crippen LogP contribution >= 0.6 is 0 Å². The Kier molecular flexibility index (Phi) is 7.41. The molecule has 158 valence electrons. The molecule has 0 unspecified atom stereocenters. The highest BCUT2D eigenvalue weighted by molar-refractivity contribution is 5.84. The number of pyridine rings is 1. The van der Waals surface area contributed by atoms with Crippen molar-refractivity contribution in [3.8, 4) is 5.75 Å². The zero-order chi connectivity index (χ0) is 21.5. The first-order valence-electron chi connectivity index (χ1n) is 10.4. The van der Waals surface area contributed by atoms with Gasteiger partial charge in [-0.3, -0.25) is 9.78 Å². The fraction of sp³-hybridized carbons (Fsp3) is 0.360. The Bertz CT molecular complexity index is 973. The van der Waals surface area contributed by atoms with E-state index in [1.807, 2.05) is 43.5 Å². The maximum Gasteiger partial charge on any atom is 0.222 e. The van der Waals surface area contributed by atoms with E-state index in [9.17, 15) is 9.90 Å². The molecule has 0 aliphatic heterocycles. The third-order valence-electron chi connectivity index (χ3n) is 5.32. The number of aromatic nitrogens is 1. The number of amides is 1. The maximum atomic E-state index is 11.8.